The number of aromatic nitrogens is 10. The number of rotatable bonds is 17. The second-order valence-electron chi connectivity index (χ2n) is 19.0. The second kappa shape index (κ2) is 24.3. The molecule has 0 bridgehead atoms. The quantitative estimate of drug-likeness (QED) is 0.0724. The number of benzene rings is 4. The molecule has 82 heavy (non-hydrogen) atoms. The monoisotopic (exact) mass is 1120 g/mol. The number of alkyl halides is 4. The lowest BCUT2D eigenvalue weighted by atomic mass is 10.1. The molecular formula is C57H52F4N14O7. The fraction of sp³-hybridized carbons (Fsp3) is 0.228. The van der Waals surface area contributed by atoms with Gasteiger partial charge >= 0.3 is 13.2 Å². The predicted octanol–water partition coefficient (Wildman–Crippen LogP) is 9.77. The van der Waals surface area contributed by atoms with Gasteiger partial charge in [0.25, 0.3) is 11.8 Å². The van der Waals surface area contributed by atoms with Crippen LogP contribution in [0.4, 0.5) is 28.9 Å². The third-order valence-electron chi connectivity index (χ3n) is 13.4. The number of aryl methyl sites for hydroxylation is 1. The first-order valence-electron chi connectivity index (χ1n) is 25.9. The Hall–Kier alpha value is -9.72. The Morgan fingerprint density at radius 2 is 1.28 bits per heavy atom. The van der Waals surface area contributed by atoms with Gasteiger partial charge in [-0.3, -0.25) is 19.0 Å². The molecule has 0 spiro atoms. The number of halogens is 4. The van der Waals surface area contributed by atoms with Crippen molar-refractivity contribution in [3.8, 4) is 57.0 Å². The number of hydrogen-bond donors (Lipinski definition) is 3. The number of morpholine rings is 1. The highest BCUT2D eigenvalue weighted by Crippen LogP contribution is 2.41. The molecule has 21 nitrogen and oxygen atoms in total. The lowest BCUT2D eigenvalue weighted by molar-refractivity contribution is -0.0501. The molecule has 12 rings (SSSR count). The first kappa shape index (κ1) is 54.2. The Bertz CT molecular complexity index is 3870. The van der Waals surface area contributed by atoms with Crippen molar-refractivity contribution in [2.45, 2.75) is 44.7 Å². The van der Waals surface area contributed by atoms with E-state index in [9.17, 15) is 27.2 Å². The van der Waals surface area contributed by atoms with Gasteiger partial charge in [-0.25, -0.2) is 19.0 Å². The number of likely N-dealkylation sites (tertiary alicyclic amines) is 1. The zero-order valence-electron chi connectivity index (χ0n) is 44.0. The number of hydrogen-bond acceptors (Lipinski definition) is 15. The zero-order chi connectivity index (χ0) is 56.7. The van der Waals surface area contributed by atoms with Crippen LogP contribution in [0.5, 0.6) is 34.5 Å². The number of likely N-dealkylation sites (N-methyl/N-ethyl adjacent to an activating group) is 1. The van der Waals surface area contributed by atoms with Crippen molar-refractivity contribution in [3.05, 3.63) is 169 Å². The highest BCUT2D eigenvalue weighted by molar-refractivity contribution is 6.10. The van der Waals surface area contributed by atoms with Crippen LogP contribution in [0, 0.1) is 0 Å². The highest BCUT2D eigenvalue weighted by Gasteiger charge is 2.27. The van der Waals surface area contributed by atoms with Gasteiger partial charge in [0.05, 0.1) is 60.7 Å². The van der Waals surface area contributed by atoms with Crippen molar-refractivity contribution in [1.82, 2.24) is 59.0 Å². The molecular weight excluding hydrogens is 1070 g/mol. The first-order chi connectivity index (χ1) is 39.9. The molecule has 3 N–H and O–H groups in total. The SMILES string of the molecule is CN1CCC[C@H]1Cn1cc(NC(=O)c2cnn3cccnc23)c(-c2cc(Oc3ccccc3)ccc2OC(F)F)n1.Cn1cc(NC(=O)c2cnn3cccnc23)c(-c2cc(Oc3cccc([C@@H]4COCCN4)c3)ccc2OC(F)F)n1. The minimum atomic E-state index is -3.07. The normalized spacial score (nSPS) is 15.4. The lowest BCUT2D eigenvalue weighted by Crippen LogP contribution is -2.34. The third kappa shape index (κ3) is 12.5. The van der Waals surface area contributed by atoms with E-state index in [1.807, 2.05) is 36.4 Å². The molecule has 0 aliphatic carbocycles. The van der Waals surface area contributed by atoms with Crippen LogP contribution in [0.2, 0.25) is 0 Å². The molecule has 2 aliphatic heterocycles. The maximum Gasteiger partial charge on any atom is 0.387 e. The number of fused-ring (bicyclic) bond motifs is 2. The van der Waals surface area contributed by atoms with Crippen LogP contribution in [0.25, 0.3) is 33.8 Å². The molecule has 2 atom stereocenters. The van der Waals surface area contributed by atoms with Crippen LogP contribution in [0.3, 0.4) is 0 Å². The van der Waals surface area contributed by atoms with Crippen molar-refractivity contribution in [2.75, 3.05) is 44.0 Å². The van der Waals surface area contributed by atoms with Crippen LogP contribution in [-0.4, -0.2) is 118 Å². The summed E-state index contributed by atoms with van der Waals surface area (Å²) < 4.78 is 87.1. The fourth-order valence-corrected chi connectivity index (χ4v) is 9.61. The zero-order valence-corrected chi connectivity index (χ0v) is 44.0. The standard InChI is InChI=1S/C29H27F2N7O3.C28H25F2N7O4/c1-36-13-5-7-19(36)17-37-18-24(34-28(39)23-16-33-38-14-6-12-32-27(23)38)26(35-37)22-15-21(10-11-25(22)41-29(30)31)40-20-8-3-2-4-9-20;1-36-15-22(34-27(38)21-14-33-37-10-3-8-32-26(21)37)25(35-36)20-13-19(6-7-24(20)41-28(29)30)40-18-5-2-4-17(12-18)23-16-39-11-9-31-23/h2-4,6,8-12,14-16,18-19,29H,5,7,13,17H2,1H3,(H,34,39);2-8,10,12-15,23,28,31H,9,11,16H2,1H3,(H,34,38)/t19-;23-/m00/s1. The predicted molar refractivity (Wildman–Crippen MR) is 292 cm³/mol. The van der Waals surface area contributed by atoms with Crippen LogP contribution < -0.4 is 34.9 Å². The van der Waals surface area contributed by atoms with Gasteiger partial charge in [0.15, 0.2) is 11.3 Å². The average molecular weight is 1120 g/mol. The average Bonchev–Trinajstić information content (AvgIpc) is 4.36. The van der Waals surface area contributed by atoms with E-state index in [4.69, 9.17) is 28.8 Å². The van der Waals surface area contributed by atoms with E-state index in [-0.39, 0.29) is 62.9 Å². The van der Waals surface area contributed by atoms with Gasteiger partial charge in [0.1, 0.15) is 57.0 Å². The molecule has 0 unspecified atom stereocenters. The second-order valence-corrected chi connectivity index (χ2v) is 19.0. The summed E-state index contributed by atoms with van der Waals surface area (Å²) in [6.45, 7) is -2.64. The number of ether oxygens (including phenoxy) is 5. The van der Waals surface area contributed by atoms with Crippen molar-refractivity contribution in [3.63, 3.8) is 0 Å². The van der Waals surface area contributed by atoms with Crippen LogP contribution in [-0.2, 0) is 18.3 Å². The van der Waals surface area contributed by atoms with Gasteiger partial charge in [-0.05, 0) is 105 Å². The maximum absolute atomic E-state index is 13.5. The van der Waals surface area contributed by atoms with Crippen LogP contribution in [0.15, 0.2) is 153 Å². The summed E-state index contributed by atoms with van der Waals surface area (Å²) in [5.41, 5.74) is 3.75. The number of anilines is 2. The Balaban J connectivity index is 0.000000172. The van der Waals surface area contributed by atoms with E-state index in [1.165, 1.54) is 44.3 Å². The number of amides is 2. The van der Waals surface area contributed by atoms with Crippen molar-refractivity contribution >= 4 is 34.5 Å². The summed E-state index contributed by atoms with van der Waals surface area (Å²) in [5.74, 6) is 0.694. The van der Waals surface area contributed by atoms with E-state index in [0.717, 1.165) is 31.5 Å². The molecule has 2 saturated heterocycles. The molecule has 25 heteroatoms. The summed E-state index contributed by atoms with van der Waals surface area (Å²) in [6, 6.07) is 29.3. The number of carbonyl (C=O) groups is 2. The Labute approximate surface area is 465 Å². The summed E-state index contributed by atoms with van der Waals surface area (Å²) in [7, 11) is 3.71. The maximum atomic E-state index is 13.5. The van der Waals surface area contributed by atoms with E-state index in [0.29, 0.717) is 59.7 Å². The van der Waals surface area contributed by atoms with Gasteiger partial charge in [-0.15, -0.1) is 0 Å². The molecule has 420 valence electrons. The summed E-state index contributed by atoms with van der Waals surface area (Å²) in [6.07, 6.45) is 14.7. The summed E-state index contributed by atoms with van der Waals surface area (Å²) in [4.78, 5) is 37.3. The molecule has 2 fully saturated rings. The van der Waals surface area contributed by atoms with E-state index in [1.54, 1.807) is 97.4 Å². The first-order valence-corrected chi connectivity index (χ1v) is 25.9. The van der Waals surface area contributed by atoms with Gasteiger partial charge < -0.3 is 44.5 Å². The molecule has 0 radical (unpaired) electrons. The Kier molecular flexibility index (Phi) is 16.1. The summed E-state index contributed by atoms with van der Waals surface area (Å²) in [5, 5.41) is 26.6. The van der Waals surface area contributed by atoms with E-state index in [2.05, 4.69) is 53.2 Å². The molecule has 8 heterocycles. The van der Waals surface area contributed by atoms with Gasteiger partial charge in [0, 0.05) is 56.8 Å². The van der Waals surface area contributed by atoms with Crippen molar-refractivity contribution < 1.29 is 50.8 Å². The van der Waals surface area contributed by atoms with E-state index < -0.39 is 25.0 Å². The Morgan fingerprint density at radius 1 is 0.695 bits per heavy atom. The number of carbonyl (C=O) groups excluding carboxylic acids is 2. The third-order valence-corrected chi connectivity index (χ3v) is 13.4. The summed E-state index contributed by atoms with van der Waals surface area (Å²) >= 11 is 0. The molecule has 2 amide bonds. The van der Waals surface area contributed by atoms with Crippen molar-refractivity contribution in [2.24, 2.45) is 7.05 Å². The van der Waals surface area contributed by atoms with Gasteiger partial charge in [-0.2, -0.15) is 38.0 Å². The molecule has 10 aromatic rings. The minimum Gasteiger partial charge on any atom is -0.457 e. The molecule has 2 aliphatic rings. The van der Waals surface area contributed by atoms with Crippen LogP contribution >= 0.6 is 0 Å². The van der Waals surface area contributed by atoms with Crippen LogP contribution in [0.1, 0.15) is 45.2 Å². The molecule has 4 aromatic carbocycles. The van der Waals surface area contributed by atoms with Crippen molar-refractivity contribution in [1.29, 1.82) is 0 Å². The molecule has 6 aromatic heterocycles. The largest absolute Gasteiger partial charge is 0.457 e. The molecule has 0 saturated carbocycles. The van der Waals surface area contributed by atoms with E-state index >= 15 is 0 Å². The number of nitrogens with zero attached hydrogens (tertiary/aromatic N) is 11. The highest BCUT2D eigenvalue weighted by atomic mass is 19.3. The fourth-order valence-electron chi connectivity index (χ4n) is 9.61. The number of para-hydroxylation sites is 1. The topological polar surface area (TPSA) is 216 Å². The van der Waals surface area contributed by atoms with Gasteiger partial charge in [-0.1, -0.05) is 30.3 Å². The lowest BCUT2D eigenvalue weighted by Gasteiger charge is -2.24. The minimum absolute atomic E-state index is 0.0349. The Morgan fingerprint density at radius 3 is 1.87 bits per heavy atom. The number of nitrogens with one attached hydrogen (secondary N) is 3. The van der Waals surface area contributed by atoms with Gasteiger partial charge in [0.2, 0.25) is 0 Å². The smallest absolute Gasteiger partial charge is 0.387 e.